The molecule has 0 aromatic heterocycles. The summed E-state index contributed by atoms with van der Waals surface area (Å²) in [4.78, 5) is 0. The van der Waals surface area contributed by atoms with E-state index in [1.165, 1.54) is 18.5 Å². The fourth-order valence-electron chi connectivity index (χ4n) is 0.859. The quantitative estimate of drug-likeness (QED) is 0.510. The maximum atomic E-state index is 3.81. The summed E-state index contributed by atoms with van der Waals surface area (Å²) in [6.07, 6.45) is 1.34. The first-order valence-corrected chi connectivity index (χ1v) is 5.77. The Labute approximate surface area is 54.2 Å². The van der Waals surface area contributed by atoms with Crippen molar-refractivity contribution in [3.8, 4) is 0 Å². The van der Waals surface area contributed by atoms with Crippen LogP contribution in [0.25, 0.3) is 0 Å². The van der Waals surface area contributed by atoms with Crippen molar-refractivity contribution < 1.29 is 0 Å². The van der Waals surface area contributed by atoms with E-state index in [9.17, 15) is 0 Å². The van der Waals surface area contributed by atoms with Crippen molar-refractivity contribution in [1.82, 2.24) is 0 Å². The fourth-order valence-corrected chi connectivity index (χ4v) is 2.58. The number of hydrogen-bond acceptors (Lipinski definition) is 0. The van der Waals surface area contributed by atoms with Crippen LogP contribution in [-0.4, -0.2) is 8.80 Å². The smallest absolute Gasteiger partial charge is 0.0604 e. The van der Waals surface area contributed by atoms with Gasteiger partial charge in [0.1, 0.15) is 0 Å². The van der Waals surface area contributed by atoms with Crippen molar-refractivity contribution in [2.75, 3.05) is 0 Å². The Morgan fingerprint density at radius 2 is 2.12 bits per heavy atom. The summed E-state index contributed by atoms with van der Waals surface area (Å²) in [5.41, 5.74) is 2.20. The first kappa shape index (κ1) is 7.96. The third-order valence-electron chi connectivity index (χ3n) is 1.52. The Kier molecular flexibility index (Phi) is 5.07. The summed E-state index contributed by atoms with van der Waals surface area (Å²) in [5.74, 6) is 0. The number of rotatable bonds is 4. The third kappa shape index (κ3) is 3.02. The summed E-state index contributed by atoms with van der Waals surface area (Å²) in [5, 5.41) is 0. The Hall–Kier alpha value is -0.0431. The molecule has 0 bridgehead atoms. The zero-order chi connectivity index (χ0) is 6.41. The molecule has 0 radical (unpaired) electrons. The summed E-state index contributed by atoms with van der Waals surface area (Å²) in [7, 11) is -0.428. The van der Waals surface area contributed by atoms with Crippen LogP contribution >= 0.6 is 0 Å². The average molecular weight is 128 g/mol. The van der Waals surface area contributed by atoms with E-state index < -0.39 is 8.80 Å². The lowest BCUT2D eigenvalue weighted by Crippen LogP contribution is -2.04. The predicted molar refractivity (Wildman–Crippen MR) is 42.9 cm³/mol. The van der Waals surface area contributed by atoms with Gasteiger partial charge in [-0.3, -0.25) is 0 Å². The maximum Gasteiger partial charge on any atom is 0.0604 e. The van der Waals surface area contributed by atoms with Crippen molar-refractivity contribution in [3.05, 3.63) is 12.3 Å². The zero-order valence-corrected chi connectivity index (χ0v) is 7.14. The minimum Gasteiger partial charge on any atom is -0.107 e. The minimum absolute atomic E-state index is 0.428. The molecule has 0 saturated carbocycles. The molecule has 48 valence electrons. The number of hydrogen-bond donors (Lipinski definition) is 0. The van der Waals surface area contributed by atoms with Crippen LogP contribution in [-0.2, 0) is 0 Å². The van der Waals surface area contributed by atoms with Crippen molar-refractivity contribution in [1.29, 1.82) is 0 Å². The molecule has 0 amide bonds. The normalized spacial score (nSPS) is 13.2. The van der Waals surface area contributed by atoms with E-state index in [4.69, 9.17) is 0 Å². The van der Waals surface area contributed by atoms with E-state index in [2.05, 4.69) is 26.1 Å². The molecule has 8 heavy (non-hydrogen) atoms. The van der Waals surface area contributed by atoms with Gasteiger partial charge in [0.15, 0.2) is 0 Å². The summed E-state index contributed by atoms with van der Waals surface area (Å²) >= 11 is 0. The second kappa shape index (κ2) is 5.10. The molecular formula is C7H16Si. The average Bonchev–Trinajstić information content (AvgIpc) is 1.83. The molecule has 0 fully saturated rings. The van der Waals surface area contributed by atoms with Crippen molar-refractivity contribution >= 4 is 8.80 Å². The van der Waals surface area contributed by atoms with Crippen molar-refractivity contribution in [2.45, 2.75) is 32.4 Å². The van der Waals surface area contributed by atoms with Crippen LogP contribution in [0.5, 0.6) is 0 Å². The van der Waals surface area contributed by atoms with Crippen LogP contribution in [0.15, 0.2) is 12.3 Å². The van der Waals surface area contributed by atoms with Crippen LogP contribution in [0.2, 0.25) is 12.1 Å². The molecule has 0 spiro atoms. The van der Waals surface area contributed by atoms with E-state index in [1.54, 1.807) is 0 Å². The molecule has 0 aliphatic carbocycles. The molecule has 0 aromatic carbocycles. The maximum absolute atomic E-state index is 3.81. The first-order valence-electron chi connectivity index (χ1n) is 3.47. The molecule has 0 heterocycles. The van der Waals surface area contributed by atoms with Gasteiger partial charge in [0.25, 0.3) is 0 Å². The van der Waals surface area contributed by atoms with E-state index >= 15 is 0 Å². The van der Waals surface area contributed by atoms with Crippen LogP contribution in [0.4, 0.5) is 0 Å². The Balaban J connectivity index is 3.21. The molecule has 0 rings (SSSR count). The highest BCUT2D eigenvalue weighted by atomic mass is 28.3. The van der Waals surface area contributed by atoms with E-state index in [-0.39, 0.29) is 0 Å². The Bertz CT molecular complexity index is 59.4. The molecule has 0 aliphatic heterocycles. The van der Waals surface area contributed by atoms with Crippen LogP contribution in [0.3, 0.4) is 0 Å². The topological polar surface area (TPSA) is 0 Å². The van der Waals surface area contributed by atoms with Crippen LogP contribution in [0, 0.1) is 0 Å². The fraction of sp³-hybridized carbons (Fsp3) is 0.714. The Morgan fingerprint density at radius 1 is 1.50 bits per heavy atom. The lowest BCUT2D eigenvalue weighted by Gasteiger charge is -2.02. The van der Waals surface area contributed by atoms with Gasteiger partial charge in [-0.15, -0.1) is 12.3 Å². The molecule has 0 saturated heterocycles. The van der Waals surface area contributed by atoms with Gasteiger partial charge < -0.3 is 0 Å². The van der Waals surface area contributed by atoms with Gasteiger partial charge in [-0.1, -0.05) is 32.4 Å². The standard InChI is InChI=1S/C7H16Si/c1-4-7-8(5-2)6-3/h5,8H,2,4,6-7H2,1,3H3. The summed E-state index contributed by atoms with van der Waals surface area (Å²) < 4.78 is 0. The van der Waals surface area contributed by atoms with Crippen LogP contribution in [0.1, 0.15) is 20.3 Å². The van der Waals surface area contributed by atoms with Gasteiger partial charge in [-0.25, -0.2) is 0 Å². The van der Waals surface area contributed by atoms with Gasteiger partial charge in [0, 0.05) is 0 Å². The van der Waals surface area contributed by atoms with E-state index in [0.717, 1.165) is 0 Å². The van der Waals surface area contributed by atoms with Gasteiger partial charge in [-0.05, 0) is 0 Å². The van der Waals surface area contributed by atoms with Crippen molar-refractivity contribution in [3.63, 3.8) is 0 Å². The first-order chi connectivity index (χ1) is 3.85. The highest BCUT2D eigenvalue weighted by Gasteiger charge is 1.98. The minimum atomic E-state index is -0.428. The third-order valence-corrected chi connectivity index (χ3v) is 4.55. The predicted octanol–water partition coefficient (Wildman–Crippen LogP) is 2.37. The lowest BCUT2D eigenvalue weighted by atomic mass is 10.6. The van der Waals surface area contributed by atoms with E-state index in [1.807, 2.05) is 0 Å². The molecule has 0 aliphatic rings. The molecule has 1 atom stereocenters. The summed E-state index contributed by atoms with van der Waals surface area (Å²) in [6.45, 7) is 8.33. The van der Waals surface area contributed by atoms with Crippen molar-refractivity contribution in [2.24, 2.45) is 0 Å². The second-order valence-electron chi connectivity index (χ2n) is 2.19. The lowest BCUT2D eigenvalue weighted by molar-refractivity contribution is 1.06. The molecule has 0 nitrogen and oxygen atoms in total. The summed E-state index contributed by atoms with van der Waals surface area (Å²) in [6, 6.07) is 2.83. The van der Waals surface area contributed by atoms with Gasteiger partial charge >= 0.3 is 0 Å². The van der Waals surface area contributed by atoms with Gasteiger partial charge in [0.2, 0.25) is 0 Å². The largest absolute Gasteiger partial charge is 0.107 e. The SMILES string of the molecule is C=C[SiH](CC)CCC. The molecule has 1 heteroatoms. The van der Waals surface area contributed by atoms with E-state index in [0.29, 0.717) is 0 Å². The van der Waals surface area contributed by atoms with Crippen LogP contribution < -0.4 is 0 Å². The zero-order valence-electron chi connectivity index (χ0n) is 5.98. The molecule has 0 aromatic rings. The molecule has 0 N–H and O–H groups in total. The highest BCUT2D eigenvalue weighted by molar-refractivity contribution is 6.63. The molecular weight excluding hydrogens is 112 g/mol. The van der Waals surface area contributed by atoms with Gasteiger partial charge in [0.05, 0.1) is 8.80 Å². The monoisotopic (exact) mass is 128 g/mol. The molecule has 1 unspecified atom stereocenters. The second-order valence-corrected chi connectivity index (χ2v) is 5.58. The Morgan fingerprint density at radius 3 is 2.25 bits per heavy atom. The van der Waals surface area contributed by atoms with Gasteiger partial charge in [-0.2, -0.15) is 0 Å². The highest BCUT2D eigenvalue weighted by Crippen LogP contribution is 2.01.